The van der Waals surface area contributed by atoms with Gasteiger partial charge in [0.1, 0.15) is 5.75 Å². The first-order valence-electron chi connectivity index (χ1n) is 9.58. The number of benzene rings is 2. The monoisotopic (exact) mass is 404 g/mol. The van der Waals surface area contributed by atoms with E-state index in [0.29, 0.717) is 27.9 Å². The van der Waals surface area contributed by atoms with E-state index in [2.05, 4.69) is 30.3 Å². The minimum Gasteiger partial charge on any atom is -0.508 e. The number of aromatic hydroxyl groups is 1. The number of hydrogen-bond donors (Lipinski definition) is 2. The van der Waals surface area contributed by atoms with Crippen LogP contribution >= 0.6 is 23.2 Å². The second-order valence-electron chi connectivity index (χ2n) is 8.19. The Morgan fingerprint density at radius 2 is 2.00 bits per heavy atom. The Hall–Kier alpha value is -1.26. The van der Waals surface area contributed by atoms with Crippen LogP contribution in [0.25, 0.3) is 0 Å². The minimum absolute atomic E-state index is 0.0289. The summed E-state index contributed by atoms with van der Waals surface area (Å²) >= 11 is 12.2. The van der Waals surface area contributed by atoms with Crippen molar-refractivity contribution in [3.8, 4) is 5.75 Å². The SMILES string of the molecule is CN1CCC2(C)c3cc(O)ccc3C[C@@H]1[C@H]2NCCc1ccc(Cl)c(Cl)c1. The van der Waals surface area contributed by atoms with Crippen molar-refractivity contribution >= 4 is 23.2 Å². The van der Waals surface area contributed by atoms with E-state index in [1.54, 1.807) is 0 Å². The van der Waals surface area contributed by atoms with Gasteiger partial charge in [-0.05, 0) is 80.4 Å². The average Bonchev–Trinajstić information content (AvgIpc) is 2.64. The maximum absolute atomic E-state index is 10.1. The molecule has 1 aliphatic carbocycles. The van der Waals surface area contributed by atoms with Gasteiger partial charge < -0.3 is 15.3 Å². The molecule has 1 heterocycles. The van der Waals surface area contributed by atoms with E-state index in [-0.39, 0.29) is 5.41 Å². The maximum Gasteiger partial charge on any atom is 0.115 e. The van der Waals surface area contributed by atoms with Gasteiger partial charge >= 0.3 is 0 Å². The minimum atomic E-state index is 0.0289. The van der Waals surface area contributed by atoms with Gasteiger partial charge in [0.25, 0.3) is 0 Å². The first-order chi connectivity index (χ1) is 12.9. The van der Waals surface area contributed by atoms with Crippen LogP contribution in [0.3, 0.4) is 0 Å². The van der Waals surface area contributed by atoms with Crippen molar-refractivity contribution in [1.29, 1.82) is 0 Å². The number of nitrogens with zero attached hydrogens (tertiary/aromatic N) is 1. The van der Waals surface area contributed by atoms with Crippen LogP contribution in [0, 0.1) is 0 Å². The Morgan fingerprint density at radius 3 is 2.78 bits per heavy atom. The Labute approximate surface area is 171 Å². The summed E-state index contributed by atoms with van der Waals surface area (Å²) in [5, 5.41) is 15.1. The van der Waals surface area contributed by atoms with Crippen LogP contribution in [0.2, 0.25) is 10.0 Å². The van der Waals surface area contributed by atoms with Gasteiger partial charge in [-0.2, -0.15) is 0 Å². The Morgan fingerprint density at radius 1 is 1.19 bits per heavy atom. The van der Waals surface area contributed by atoms with E-state index >= 15 is 0 Å². The highest BCUT2D eigenvalue weighted by Crippen LogP contribution is 2.45. The van der Waals surface area contributed by atoms with E-state index < -0.39 is 0 Å². The molecule has 5 heteroatoms. The van der Waals surface area contributed by atoms with E-state index in [9.17, 15) is 5.11 Å². The van der Waals surface area contributed by atoms with Crippen molar-refractivity contribution < 1.29 is 5.11 Å². The van der Waals surface area contributed by atoms with Crippen LogP contribution < -0.4 is 5.32 Å². The van der Waals surface area contributed by atoms with Crippen molar-refractivity contribution in [2.24, 2.45) is 0 Å². The molecule has 144 valence electrons. The van der Waals surface area contributed by atoms with E-state index in [0.717, 1.165) is 32.4 Å². The molecule has 4 rings (SSSR count). The molecular formula is C22H26Cl2N2O. The van der Waals surface area contributed by atoms with Gasteiger partial charge in [0.15, 0.2) is 0 Å². The van der Waals surface area contributed by atoms with Crippen molar-refractivity contribution in [3.05, 3.63) is 63.1 Å². The number of phenols is 1. The molecule has 1 aliphatic heterocycles. The summed E-state index contributed by atoms with van der Waals surface area (Å²) in [6.45, 7) is 4.32. The van der Waals surface area contributed by atoms with Gasteiger partial charge in [0, 0.05) is 17.5 Å². The van der Waals surface area contributed by atoms with Crippen LogP contribution in [-0.2, 0) is 18.3 Å². The number of phenolic OH excluding ortho intramolecular Hbond substituents is 1. The molecular weight excluding hydrogens is 379 g/mol. The predicted octanol–water partition coefficient (Wildman–Crippen LogP) is 4.42. The molecule has 2 aromatic rings. The first kappa shape index (κ1) is 19.1. The molecule has 3 nitrogen and oxygen atoms in total. The van der Waals surface area contributed by atoms with Crippen LogP contribution in [0.1, 0.15) is 30.0 Å². The van der Waals surface area contributed by atoms with Crippen molar-refractivity contribution in [2.75, 3.05) is 20.1 Å². The number of likely N-dealkylation sites (N-methyl/N-ethyl adjacent to an activating group) is 1. The highest BCUT2D eigenvalue weighted by atomic mass is 35.5. The number of hydrogen-bond acceptors (Lipinski definition) is 3. The fourth-order valence-electron chi connectivity index (χ4n) is 4.91. The van der Waals surface area contributed by atoms with Gasteiger partial charge in [-0.3, -0.25) is 0 Å². The summed E-state index contributed by atoms with van der Waals surface area (Å²) in [5.74, 6) is 0.363. The van der Waals surface area contributed by atoms with Gasteiger partial charge in [0.2, 0.25) is 0 Å². The molecule has 1 fully saturated rings. The summed E-state index contributed by atoms with van der Waals surface area (Å²) in [6.07, 6.45) is 3.01. The number of likely N-dealkylation sites (tertiary alicyclic amines) is 1. The van der Waals surface area contributed by atoms with Gasteiger partial charge in [-0.1, -0.05) is 42.3 Å². The van der Waals surface area contributed by atoms with Crippen LogP contribution in [0.4, 0.5) is 0 Å². The third kappa shape index (κ3) is 3.47. The molecule has 1 saturated heterocycles. The Kier molecular flexibility index (Phi) is 5.15. The zero-order valence-electron chi connectivity index (χ0n) is 15.8. The summed E-state index contributed by atoms with van der Waals surface area (Å²) < 4.78 is 0. The van der Waals surface area contributed by atoms with Crippen LogP contribution in [0.5, 0.6) is 5.75 Å². The standard InChI is InChI=1S/C22H26Cl2N2O/c1-22-8-10-26(2)20(12-15-4-5-16(27)13-17(15)22)21(22)25-9-7-14-3-6-18(23)19(24)11-14/h3-6,11,13,20-21,25,27H,7-10,12H2,1-2H3/t20-,21-,22?/m1/s1. The van der Waals surface area contributed by atoms with E-state index in [1.807, 2.05) is 30.3 Å². The quantitative estimate of drug-likeness (QED) is 0.791. The maximum atomic E-state index is 10.1. The molecule has 1 unspecified atom stereocenters. The molecule has 0 amide bonds. The topological polar surface area (TPSA) is 35.5 Å². The smallest absolute Gasteiger partial charge is 0.115 e. The van der Waals surface area contributed by atoms with Gasteiger partial charge in [-0.25, -0.2) is 0 Å². The molecule has 2 aliphatic rings. The second-order valence-corrected chi connectivity index (χ2v) is 9.01. The Bertz CT molecular complexity index is 856. The van der Waals surface area contributed by atoms with Crippen molar-refractivity contribution in [1.82, 2.24) is 10.2 Å². The predicted molar refractivity (Wildman–Crippen MR) is 112 cm³/mol. The van der Waals surface area contributed by atoms with Crippen LogP contribution in [-0.4, -0.2) is 42.2 Å². The lowest BCUT2D eigenvalue weighted by molar-refractivity contribution is 0.0663. The molecule has 3 atom stereocenters. The molecule has 2 N–H and O–H groups in total. The first-order valence-corrected chi connectivity index (χ1v) is 10.3. The number of halogens is 2. The highest BCUT2D eigenvalue weighted by molar-refractivity contribution is 6.42. The molecule has 0 spiro atoms. The van der Waals surface area contributed by atoms with Crippen LogP contribution in [0.15, 0.2) is 36.4 Å². The third-order valence-electron chi connectivity index (χ3n) is 6.52. The fourth-order valence-corrected chi connectivity index (χ4v) is 5.23. The number of rotatable bonds is 4. The molecule has 2 bridgehead atoms. The average molecular weight is 405 g/mol. The molecule has 0 saturated carbocycles. The lowest BCUT2D eigenvalue weighted by Gasteiger charge is -2.55. The molecule has 27 heavy (non-hydrogen) atoms. The molecule has 0 aromatic heterocycles. The highest BCUT2D eigenvalue weighted by Gasteiger charge is 2.49. The Balaban J connectivity index is 1.55. The lowest BCUT2D eigenvalue weighted by Crippen LogP contribution is -2.66. The number of fused-ring (bicyclic) bond motifs is 4. The molecule has 0 radical (unpaired) electrons. The summed E-state index contributed by atoms with van der Waals surface area (Å²) in [4.78, 5) is 2.48. The summed E-state index contributed by atoms with van der Waals surface area (Å²) in [5.41, 5.74) is 3.89. The summed E-state index contributed by atoms with van der Waals surface area (Å²) in [7, 11) is 2.23. The fraction of sp³-hybridized carbons (Fsp3) is 0.455. The normalized spacial score (nSPS) is 27.4. The second kappa shape index (κ2) is 7.29. The summed E-state index contributed by atoms with van der Waals surface area (Å²) in [6, 6.07) is 12.6. The zero-order valence-corrected chi connectivity index (χ0v) is 17.3. The van der Waals surface area contributed by atoms with Gasteiger partial charge in [0.05, 0.1) is 10.0 Å². The van der Waals surface area contributed by atoms with Gasteiger partial charge in [-0.15, -0.1) is 0 Å². The largest absolute Gasteiger partial charge is 0.508 e. The number of piperidine rings is 1. The lowest BCUT2D eigenvalue weighted by atomic mass is 9.61. The number of nitrogens with one attached hydrogen (secondary N) is 1. The van der Waals surface area contributed by atoms with E-state index in [4.69, 9.17) is 23.2 Å². The zero-order chi connectivity index (χ0) is 19.2. The van der Waals surface area contributed by atoms with E-state index in [1.165, 1.54) is 16.7 Å². The van der Waals surface area contributed by atoms with Crippen molar-refractivity contribution in [3.63, 3.8) is 0 Å². The van der Waals surface area contributed by atoms with Crippen molar-refractivity contribution in [2.45, 2.75) is 43.7 Å². The molecule has 2 aromatic carbocycles. The third-order valence-corrected chi connectivity index (χ3v) is 7.26.